The number of rotatable bonds is 20. The lowest BCUT2D eigenvalue weighted by Gasteiger charge is -2.29. The predicted molar refractivity (Wildman–Crippen MR) is 108 cm³/mol. The number of hydrogen-bond acceptors (Lipinski definition) is 9. The minimum atomic E-state index is -4.73. The molecule has 0 amide bonds. The first-order valence-corrected chi connectivity index (χ1v) is 13.1. The van der Waals surface area contributed by atoms with Crippen molar-refractivity contribution in [2.75, 3.05) is 39.6 Å². The van der Waals surface area contributed by atoms with Gasteiger partial charge in [-0.2, -0.15) is 4.31 Å². The molecular formula is C17H38O10P2. The average Bonchev–Trinajstić information content (AvgIpc) is 2.69. The van der Waals surface area contributed by atoms with Crippen LogP contribution in [0.3, 0.4) is 0 Å². The molecule has 0 saturated heterocycles. The fourth-order valence-corrected chi connectivity index (χ4v) is 4.95. The zero-order valence-electron chi connectivity index (χ0n) is 17.5. The molecule has 0 fully saturated rings. The van der Waals surface area contributed by atoms with Crippen LogP contribution >= 0.6 is 15.6 Å². The van der Waals surface area contributed by atoms with Crippen LogP contribution in [0.2, 0.25) is 0 Å². The van der Waals surface area contributed by atoms with Gasteiger partial charge in [0.15, 0.2) is 0 Å². The van der Waals surface area contributed by atoms with E-state index in [0.717, 1.165) is 38.5 Å². The van der Waals surface area contributed by atoms with Crippen LogP contribution in [0.1, 0.15) is 65.2 Å². The standard InChI is InChI=1S/C17H38O10P2/c1-3-5-7-9-11-24-28(21,22)27-29(23,25-12-10-8-6-4-2)26-16-17(13-18,14-19)15-20/h18-20H,3-16H2,1-2H3,(H,21,22). The molecule has 4 N–H and O–H groups in total. The molecule has 0 aromatic rings. The Morgan fingerprint density at radius 2 is 1.21 bits per heavy atom. The van der Waals surface area contributed by atoms with Gasteiger partial charge in [-0.05, 0) is 12.8 Å². The summed E-state index contributed by atoms with van der Waals surface area (Å²) >= 11 is 0. The van der Waals surface area contributed by atoms with Crippen LogP contribution < -0.4 is 0 Å². The van der Waals surface area contributed by atoms with Crippen LogP contribution in [0.25, 0.3) is 0 Å². The van der Waals surface area contributed by atoms with Crippen molar-refractivity contribution in [3.05, 3.63) is 0 Å². The van der Waals surface area contributed by atoms with Crippen molar-refractivity contribution in [1.29, 1.82) is 0 Å². The Morgan fingerprint density at radius 3 is 1.66 bits per heavy atom. The SMILES string of the molecule is CCCCCCOP(=O)(O)OP(=O)(OCCCCCC)OCC(CO)(CO)CO. The molecule has 0 aliphatic heterocycles. The van der Waals surface area contributed by atoms with Crippen LogP contribution in [0.15, 0.2) is 0 Å². The van der Waals surface area contributed by atoms with Gasteiger partial charge in [-0.3, -0.25) is 13.6 Å². The van der Waals surface area contributed by atoms with E-state index in [2.05, 4.69) is 0 Å². The fraction of sp³-hybridized carbons (Fsp3) is 1.00. The summed E-state index contributed by atoms with van der Waals surface area (Å²) in [6.45, 7) is 1.34. The Kier molecular flexibility index (Phi) is 15.9. The summed E-state index contributed by atoms with van der Waals surface area (Å²) in [5.41, 5.74) is -1.51. The Labute approximate surface area is 173 Å². The first-order chi connectivity index (χ1) is 13.7. The number of aliphatic hydroxyl groups excluding tert-OH is 3. The monoisotopic (exact) mass is 464 g/mol. The molecular weight excluding hydrogens is 426 g/mol. The lowest BCUT2D eigenvalue weighted by atomic mass is 9.93. The Balaban J connectivity index is 4.96. The summed E-state index contributed by atoms with van der Waals surface area (Å²) in [6, 6.07) is 0. The van der Waals surface area contributed by atoms with Gasteiger partial charge < -0.3 is 20.2 Å². The van der Waals surface area contributed by atoms with Crippen LogP contribution in [-0.4, -0.2) is 59.9 Å². The molecule has 0 saturated carbocycles. The summed E-state index contributed by atoms with van der Waals surface area (Å²) < 4.78 is 44.8. The summed E-state index contributed by atoms with van der Waals surface area (Å²) in [4.78, 5) is 9.88. The molecule has 10 nitrogen and oxygen atoms in total. The zero-order chi connectivity index (χ0) is 22.2. The summed E-state index contributed by atoms with van der Waals surface area (Å²) in [5.74, 6) is 0. The van der Waals surface area contributed by atoms with Crippen LogP contribution in [0.4, 0.5) is 0 Å². The van der Waals surface area contributed by atoms with E-state index in [1.54, 1.807) is 0 Å². The van der Waals surface area contributed by atoms with E-state index in [4.69, 9.17) is 17.9 Å². The zero-order valence-corrected chi connectivity index (χ0v) is 19.3. The van der Waals surface area contributed by atoms with Crippen LogP contribution in [0, 0.1) is 5.41 Å². The van der Waals surface area contributed by atoms with E-state index in [1.165, 1.54) is 0 Å². The molecule has 0 aliphatic carbocycles. The molecule has 176 valence electrons. The van der Waals surface area contributed by atoms with Gasteiger partial charge in [-0.25, -0.2) is 9.13 Å². The topological polar surface area (TPSA) is 152 Å². The molecule has 0 radical (unpaired) electrons. The number of aliphatic hydroxyl groups is 3. The van der Waals surface area contributed by atoms with E-state index in [-0.39, 0.29) is 13.2 Å². The van der Waals surface area contributed by atoms with Crippen molar-refractivity contribution in [2.45, 2.75) is 65.2 Å². The van der Waals surface area contributed by atoms with Crippen molar-refractivity contribution in [3.63, 3.8) is 0 Å². The lowest BCUT2D eigenvalue weighted by molar-refractivity contribution is -0.0340. The van der Waals surface area contributed by atoms with E-state index in [9.17, 15) is 29.3 Å². The maximum absolute atomic E-state index is 12.9. The van der Waals surface area contributed by atoms with E-state index in [0.29, 0.717) is 12.8 Å². The van der Waals surface area contributed by atoms with Gasteiger partial charge in [0.2, 0.25) is 0 Å². The molecule has 0 aromatic carbocycles. The van der Waals surface area contributed by atoms with Crippen LogP contribution in [-0.2, 0) is 27.0 Å². The third kappa shape index (κ3) is 13.2. The molecule has 0 heterocycles. The van der Waals surface area contributed by atoms with Gasteiger partial charge in [-0.1, -0.05) is 52.4 Å². The van der Waals surface area contributed by atoms with Crippen molar-refractivity contribution >= 4 is 15.6 Å². The minimum absolute atomic E-state index is 0.0435. The maximum Gasteiger partial charge on any atom is 0.483 e. The predicted octanol–water partition coefficient (Wildman–Crippen LogP) is 3.39. The lowest BCUT2D eigenvalue weighted by Crippen LogP contribution is -2.38. The average molecular weight is 464 g/mol. The second-order valence-electron chi connectivity index (χ2n) is 7.03. The van der Waals surface area contributed by atoms with Crippen molar-refractivity contribution in [2.24, 2.45) is 5.41 Å². The Hall–Kier alpha value is 0.140. The quantitative estimate of drug-likeness (QED) is 0.156. The first-order valence-electron chi connectivity index (χ1n) is 10.1. The number of unbranched alkanes of at least 4 members (excludes halogenated alkanes) is 6. The van der Waals surface area contributed by atoms with Crippen molar-refractivity contribution < 1.29 is 47.2 Å². The highest BCUT2D eigenvalue weighted by atomic mass is 31.3. The molecule has 0 aromatic heterocycles. The second kappa shape index (κ2) is 15.9. The molecule has 2 unspecified atom stereocenters. The first kappa shape index (κ1) is 29.1. The summed E-state index contributed by atoms with van der Waals surface area (Å²) in [7, 11) is -9.29. The van der Waals surface area contributed by atoms with Crippen LogP contribution in [0.5, 0.6) is 0 Å². The molecule has 0 aliphatic rings. The molecule has 12 heteroatoms. The largest absolute Gasteiger partial charge is 0.483 e. The fourth-order valence-electron chi connectivity index (χ4n) is 2.15. The van der Waals surface area contributed by atoms with Gasteiger partial charge in [0.05, 0.1) is 45.1 Å². The highest BCUT2D eigenvalue weighted by molar-refractivity contribution is 7.61. The van der Waals surface area contributed by atoms with Gasteiger partial charge >= 0.3 is 15.6 Å². The van der Waals surface area contributed by atoms with E-state index < -0.39 is 47.5 Å². The molecule has 0 rings (SSSR count). The minimum Gasteiger partial charge on any atom is -0.396 e. The van der Waals surface area contributed by atoms with E-state index in [1.807, 2.05) is 13.8 Å². The normalized spacial score (nSPS) is 16.5. The van der Waals surface area contributed by atoms with Gasteiger partial charge in [-0.15, -0.1) is 0 Å². The molecule has 29 heavy (non-hydrogen) atoms. The Bertz CT molecular complexity index is 490. The smallest absolute Gasteiger partial charge is 0.396 e. The van der Waals surface area contributed by atoms with Gasteiger partial charge in [0.25, 0.3) is 0 Å². The Morgan fingerprint density at radius 1 is 0.724 bits per heavy atom. The summed E-state index contributed by atoms with van der Waals surface area (Å²) in [6.07, 6.45) is 6.54. The van der Waals surface area contributed by atoms with E-state index >= 15 is 0 Å². The number of hydrogen-bond donors (Lipinski definition) is 4. The third-order valence-electron chi connectivity index (χ3n) is 4.24. The van der Waals surface area contributed by atoms with Gasteiger partial charge in [0, 0.05) is 0 Å². The van der Waals surface area contributed by atoms with Gasteiger partial charge in [0.1, 0.15) is 0 Å². The molecule has 0 bridgehead atoms. The summed E-state index contributed by atoms with van der Waals surface area (Å²) in [5, 5.41) is 28.1. The highest BCUT2D eigenvalue weighted by Gasteiger charge is 2.41. The maximum atomic E-state index is 12.9. The second-order valence-corrected chi connectivity index (χ2v) is 10.3. The number of phosphoric acid groups is 2. The molecule has 2 atom stereocenters. The van der Waals surface area contributed by atoms with Crippen molar-refractivity contribution in [3.8, 4) is 0 Å². The molecule has 0 spiro atoms. The highest BCUT2D eigenvalue weighted by Crippen LogP contribution is 2.63. The number of phosphoric ester groups is 2. The third-order valence-corrected chi connectivity index (χ3v) is 7.32. The van der Waals surface area contributed by atoms with Crippen molar-refractivity contribution in [1.82, 2.24) is 0 Å².